The van der Waals surface area contributed by atoms with Gasteiger partial charge in [0.25, 0.3) is 0 Å². The van der Waals surface area contributed by atoms with Crippen LogP contribution in [0.25, 0.3) is 60.6 Å². The van der Waals surface area contributed by atoms with Crippen molar-refractivity contribution in [3.8, 4) is 16.8 Å². The van der Waals surface area contributed by atoms with Crippen molar-refractivity contribution < 1.29 is 4.42 Å². The summed E-state index contributed by atoms with van der Waals surface area (Å²) in [6, 6.07) is 66.7. The lowest BCUT2D eigenvalue weighted by Crippen LogP contribution is -2.26. The van der Waals surface area contributed by atoms with Gasteiger partial charge < -0.3 is 13.9 Å². The maximum absolute atomic E-state index is 6.50. The van der Waals surface area contributed by atoms with Crippen molar-refractivity contribution in [2.24, 2.45) is 0 Å². The Hall–Kier alpha value is -6.84. The van der Waals surface area contributed by atoms with Crippen LogP contribution in [0.5, 0.6) is 0 Å². The third-order valence-electron chi connectivity index (χ3n) is 12.2. The lowest BCUT2D eigenvalue weighted by Gasteiger charge is -2.30. The topological polar surface area (TPSA) is 21.3 Å². The fourth-order valence-corrected chi connectivity index (χ4v) is 9.83. The molecule has 12 rings (SSSR count). The highest BCUT2D eigenvalue weighted by atomic mass is 16.3. The molecular formula is C51H34N2O. The lowest BCUT2D eigenvalue weighted by molar-refractivity contribution is 0.563. The summed E-state index contributed by atoms with van der Waals surface area (Å²) in [5, 5.41) is 4.74. The van der Waals surface area contributed by atoms with Crippen molar-refractivity contribution in [1.29, 1.82) is 0 Å². The minimum absolute atomic E-state index is 0.107. The van der Waals surface area contributed by atoms with Crippen LogP contribution in [0.1, 0.15) is 22.3 Å². The van der Waals surface area contributed by atoms with E-state index in [1.54, 1.807) is 0 Å². The van der Waals surface area contributed by atoms with Gasteiger partial charge >= 0.3 is 0 Å². The predicted octanol–water partition coefficient (Wildman–Crippen LogP) is 13.2. The van der Waals surface area contributed by atoms with E-state index >= 15 is 0 Å². The first-order valence-corrected chi connectivity index (χ1v) is 18.8. The van der Waals surface area contributed by atoms with Gasteiger partial charge in [0, 0.05) is 55.8 Å². The van der Waals surface area contributed by atoms with Gasteiger partial charge in [-0.1, -0.05) is 115 Å². The summed E-state index contributed by atoms with van der Waals surface area (Å²) < 4.78 is 8.90. The van der Waals surface area contributed by atoms with Gasteiger partial charge in [-0.15, -0.1) is 0 Å². The molecule has 0 radical (unpaired) electrons. The molecule has 0 bridgehead atoms. The highest BCUT2D eigenvalue weighted by Gasteiger charge is 2.47. The molecule has 10 aromatic rings. The van der Waals surface area contributed by atoms with Crippen LogP contribution in [0.4, 0.5) is 17.1 Å². The van der Waals surface area contributed by atoms with E-state index < -0.39 is 0 Å². The Labute approximate surface area is 312 Å². The van der Waals surface area contributed by atoms with Crippen LogP contribution in [0, 0.1) is 0 Å². The normalized spacial score (nSPS) is 13.9. The van der Waals surface area contributed by atoms with Gasteiger partial charge in [-0.25, -0.2) is 0 Å². The highest BCUT2D eigenvalue weighted by Crippen LogP contribution is 2.56. The molecule has 3 nitrogen and oxygen atoms in total. The minimum Gasteiger partial charge on any atom is -0.456 e. The highest BCUT2D eigenvalue weighted by molar-refractivity contribution is 6.11. The van der Waals surface area contributed by atoms with E-state index in [-0.39, 0.29) is 5.41 Å². The first-order valence-electron chi connectivity index (χ1n) is 18.8. The fourth-order valence-electron chi connectivity index (χ4n) is 9.83. The lowest BCUT2D eigenvalue weighted by atomic mass is 9.75. The van der Waals surface area contributed by atoms with E-state index in [0.29, 0.717) is 0 Å². The Morgan fingerprint density at radius 1 is 0.426 bits per heavy atom. The molecule has 54 heavy (non-hydrogen) atoms. The zero-order valence-corrected chi connectivity index (χ0v) is 29.5. The third-order valence-corrected chi connectivity index (χ3v) is 12.2. The second kappa shape index (κ2) is 11.1. The number of furan rings is 1. The molecule has 0 atom stereocenters. The van der Waals surface area contributed by atoms with Crippen molar-refractivity contribution in [2.45, 2.75) is 18.3 Å². The molecule has 1 spiro atoms. The van der Waals surface area contributed by atoms with Gasteiger partial charge in [0.05, 0.1) is 11.0 Å². The number of fused-ring (bicyclic) bond motifs is 12. The number of nitrogens with zero attached hydrogens (tertiary/aromatic N) is 2. The second-order valence-electron chi connectivity index (χ2n) is 15.0. The van der Waals surface area contributed by atoms with Crippen molar-refractivity contribution in [3.63, 3.8) is 0 Å². The summed E-state index contributed by atoms with van der Waals surface area (Å²) >= 11 is 0. The molecular weight excluding hydrogens is 657 g/mol. The van der Waals surface area contributed by atoms with E-state index in [9.17, 15) is 0 Å². The maximum Gasteiger partial charge on any atom is 0.137 e. The molecule has 0 unspecified atom stereocenters. The zero-order valence-electron chi connectivity index (χ0n) is 29.5. The number of anilines is 3. The Balaban J connectivity index is 1.11. The first kappa shape index (κ1) is 29.7. The number of benzene rings is 8. The van der Waals surface area contributed by atoms with Crippen LogP contribution in [0.2, 0.25) is 0 Å². The molecule has 2 aliphatic rings. The quantitative estimate of drug-likeness (QED) is 0.183. The largest absolute Gasteiger partial charge is 0.456 e. The first-order chi connectivity index (χ1) is 26.7. The summed E-state index contributed by atoms with van der Waals surface area (Å²) in [6.45, 7) is 0. The van der Waals surface area contributed by atoms with E-state index in [1.165, 1.54) is 55.2 Å². The van der Waals surface area contributed by atoms with Crippen LogP contribution in [-0.4, -0.2) is 4.57 Å². The maximum atomic E-state index is 6.50. The standard InChI is InChI=1S/C51H34N2O/c1-2-14-35(15-3-1)53-47-20-10-7-17-41(47)42-26-23-37(29-48(42)53)52(38-24-27-44-43-18-8-11-21-49(43)54-50(44)30-38)36-22-25-40-39-16-6-9-19-45(39)51(46(40)28-36)31-33-12-4-5-13-34(33)32-51/h1-30H,31-32H2. The number of rotatable bonds is 4. The number of hydrogen-bond acceptors (Lipinski definition) is 2. The minimum atomic E-state index is -0.107. The molecule has 3 heteroatoms. The summed E-state index contributed by atoms with van der Waals surface area (Å²) in [7, 11) is 0. The second-order valence-corrected chi connectivity index (χ2v) is 15.0. The van der Waals surface area contributed by atoms with E-state index in [4.69, 9.17) is 4.42 Å². The summed E-state index contributed by atoms with van der Waals surface area (Å²) in [4.78, 5) is 2.43. The molecule has 8 aromatic carbocycles. The summed E-state index contributed by atoms with van der Waals surface area (Å²) in [5.41, 5.74) is 16.9. The van der Waals surface area contributed by atoms with Gasteiger partial charge in [-0.05, 0) is 107 Å². The molecule has 2 aromatic heterocycles. The molecule has 0 N–H and O–H groups in total. The van der Waals surface area contributed by atoms with Crippen LogP contribution >= 0.6 is 0 Å². The zero-order chi connectivity index (χ0) is 35.4. The van der Waals surface area contributed by atoms with Crippen molar-refractivity contribution in [1.82, 2.24) is 4.57 Å². The Bertz CT molecular complexity index is 3100. The van der Waals surface area contributed by atoms with Crippen LogP contribution in [0.15, 0.2) is 186 Å². The van der Waals surface area contributed by atoms with E-state index in [0.717, 1.165) is 57.5 Å². The molecule has 0 fully saturated rings. The van der Waals surface area contributed by atoms with E-state index in [1.807, 2.05) is 6.07 Å². The van der Waals surface area contributed by atoms with Crippen LogP contribution < -0.4 is 4.90 Å². The third kappa shape index (κ3) is 4.12. The van der Waals surface area contributed by atoms with Gasteiger partial charge in [-0.3, -0.25) is 0 Å². The van der Waals surface area contributed by atoms with E-state index in [2.05, 4.69) is 185 Å². The molecule has 2 aliphatic carbocycles. The number of para-hydroxylation sites is 3. The molecule has 0 saturated carbocycles. The number of aromatic nitrogens is 1. The van der Waals surface area contributed by atoms with Crippen molar-refractivity contribution in [3.05, 3.63) is 204 Å². The molecule has 0 aliphatic heterocycles. The van der Waals surface area contributed by atoms with Crippen LogP contribution in [0.3, 0.4) is 0 Å². The van der Waals surface area contributed by atoms with Gasteiger partial charge in [-0.2, -0.15) is 0 Å². The number of hydrogen-bond donors (Lipinski definition) is 0. The molecule has 254 valence electrons. The summed E-state index contributed by atoms with van der Waals surface area (Å²) in [6.07, 6.45) is 2.01. The smallest absolute Gasteiger partial charge is 0.137 e. The fraction of sp³-hybridized carbons (Fsp3) is 0.0588. The van der Waals surface area contributed by atoms with Crippen molar-refractivity contribution >= 4 is 60.8 Å². The predicted molar refractivity (Wildman–Crippen MR) is 223 cm³/mol. The monoisotopic (exact) mass is 690 g/mol. The SMILES string of the molecule is c1ccc(-n2c3ccccc3c3ccc(N(c4ccc5c(c4)C4(Cc6ccccc6C4)c4ccccc4-5)c4ccc5c(c4)oc4ccccc45)cc32)cc1. The Morgan fingerprint density at radius 2 is 1.02 bits per heavy atom. The average molecular weight is 691 g/mol. The molecule has 0 amide bonds. The Kier molecular flexibility index (Phi) is 6.10. The molecule has 0 saturated heterocycles. The summed E-state index contributed by atoms with van der Waals surface area (Å²) in [5.74, 6) is 0. The molecule has 2 heterocycles. The van der Waals surface area contributed by atoms with Crippen LogP contribution in [-0.2, 0) is 18.3 Å². The van der Waals surface area contributed by atoms with Gasteiger partial charge in [0.2, 0.25) is 0 Å². The van der Waals surface area contributed by atoms with Gasteiger partial charge in [0.1, 0.15) is 11.2 Å². The average Bonchev–Trinajstić information content (AvgIpc) is 3.96. The van der Waals surface area contributed by atoms with Crippen molar-refractivity contribution in [2.75, 3.05) is 4.90 Å². The van der Waals surface area contributed by atoms with Gasteiger partial charge in [0.15, 0.2) is 0 Å². The Morgan fingerprint density at radius 3 is 1.87 bits per heavy atom.